The highest BCUT2D eigenvalue weighted by molar-refractivity contribution is 7.07. The summed E-state index contributed by atoms with van der Waals surface area (Å²) in [6.45, 7) is 4.01. The molecule has 1 aliphatic rings. The second kappa shape index (κ2) is 9.54. The topological polar surface area (TPSA) is 98.1 Å². The Labute approximate surface area is 211 Å². The van der Waals surface area contributed by atoms with Gasteiger partial charge in [0.25, 0.3) is 5.91 Å². The van der Waals surface area contributed by atoms with E-state index in [9.17, 15) is 4.79 Å². The molecule has 0 unspecified atom stereocenters. The number of fused-ring (bicyclic) bond motifs is 2. The molecule has 5 aromatic rings. The number of benzene rings is 2. The molecule has 4 heterocycles. The molecule has 9 nitrogen and oxygen atoms in total. The number of hydrogen-bond donors (Lipinski definition) is 1. The first kappa shape index (κ1) is 22.4. The maximum atomic E-state index is 12.8. The van der Waals surface area contributed by atoms with Crippen LogP contribution in [0.3, 0.4) is 0 Å². The summed E-state index contributed by atoms with van der Waals surface area (Å²) in [4.78, 5) is 28.0. The number of thiazole rings is 1. The van der Waals surface area contributed by atoms with Crippen molar-refractivity contribution in [2.45, 2.75) is 32.4 Å². The first-order chi connectivity index (χ1) is 17.7. The zero-order chi connectivity index (χ0) is 24.5. The van der Waals surface area contributed by atoms with Crippen LogP contribution in [0.1, 0.15) is 25.5 Å². The highest BCUT2D eigenvalue weighted by Crippen LogP contribution is 2.33. The van der Waals surface area contributed by atoms with E-state index in [0.29, 0.717) is 18.1 Å². The maximum Gasteiger partial charge on any atom is 0.263 e. The van der Waals surface area contributed by atoms with Crippen LogP contribution in [-0.4, -0.2) is 54.7 Å². The lowest BCUT2D eigenvalue weighted by Gasteiger charge is -2.22. The van der Waals surface area contributed by atoms with Crippen LogP contribution in [0.15, 0.2) is 59.8 Å². The van der Waals surface area contributed by atoms with Crippen LogP contribution >= 0.6 is 11.3 Å². The number of likely N-dealkylation sites (tertiary alicyclic amines) is 1. The van der Waals surface area contributed by atoms with Crippen molar-refractivity contribution in [2.75, 3.05) is 18.4 Å². The highest BCUT2D eigenvalue weighted by atomic mass is 32.1. The smallest absolute Gasteiger partial charge is 0.263 e. The van der Waals surface area contributed by atoms with E-state index in [-0.39, 0.29) is 5.91 Å². The second-order valence-corrected chi connectivity index (χ2v) is 9.56. The first-order valence-corrected chi connectivity index (χ1v) is 12.9. The molecule has 1 atom stereocenters. The minimum Gasteiger partial charge on any atom is -0.480 e. The number of hydrogen-bond acceptors (Lipinski definition) is 8. The van der Waals surface area contributed by atoms with Crippen LogP contribution < -0.4 is 10.1 Å². The Morgan fingerprint density at radius 1 is 1.17 bits per heavy atom. The fourth-order valence-electron chi connectivity index (χ4n) is 4.60. The van der Waals surface area contributed by atoms with Gasteiger partial charge in [-0.3, -0.25) is 9.48 Å². The quantitative estimate of drug-likeness (QED) is 0.349. The number of carbonyl (C=O) groups is 1. The molecule has 6 rings (SSSR count). The Bertz CT molecular complexity index is 1520. The summed E-state index contributed by atoms with van der Waals surface area (Å²) in [5.74, 6) is 1.20. The number of nitrogens with one attached hydrogen (secondary N) is 1. The van der Waals surface area contributed by atoms with Gasteiger partial charge in [0, 0.05) is 29.5 Å². The van der Waals surface area contributed by atoms with Gasteiger partial charge in [0.15, 0.2) is 6.10 Å². The molecule has 1 saturated heterocycles. The Morgan fingerprint density at radius 3 is 2.89 bits per heavy atom. The lowest BCUT2D eigenvalue weighted by molar-refractivity contribution is -0.136. The van der Waals surface area contributed by atoms with Gasteiger partial charge in [0.1, 0.15) is 17.9 Å². The minimum absolute atomic E-state index is 0.0102. The molecule has 0 spiro atoms. The van der Waals surface area contributed by atoms with Crippen molar-refractivity contribution in [3.8, 4) is 5.75 Å². The number of nitrogens with zero attached hydrogens (tertiary/aromatic N) is 6. The third kappa shape index (κ3) is 4.35. The molecule has 182 valence electrons. The Balaban J connectivity index is 1.28. The number of aromatic nitrogens is 5. The third-order valence-corrected chi connectivity index (χ3v) is 7.03. The minimum atomic E-state index is -0.596. The van der Waals surface area contributed by atoms with Crippen molar-refractivity contribution in [1.29, 1.82) is 0 Å². The first-order valence-electron chi connectivity index (χ1n) is 11.9. The number of carbonyl (C=O) groups excluding carboxylic acids is 1. The molecule has 2 aromatic carbocycles. The van der Waals surface area contributed by atoms with Crippen LogP contribution in [0.2, 0.25) is 0 Å². The number of anilines is 2. The van der Waals surface area contributed by atoms with E-state index in [0.717, 1.165) is 59.1 Å². The Kier molecular flexibility index (Phi) is 5.94. The number of rotatable bonds is 7. The van der Waals surface area contributed by atoms with Gasteiger partial charge in [-0.15, -0.1) is 11.3 Å². The summed E-state index contributed by atoms with van der Waals surface area (Å²) in [6.07, 6.45) is 4.87. The van der Waals surface area contributed by atoms with Crippen LogP contribution in [-0.2, 0) is 11.3 Å². The zero-order valence-electron chi connectivity index (χ0n) is 19.8. The van der Waals surface area contributed by atoms with Crippen molar-refractivity contribution in [2.24, 2.45) is 0 Å². The molecule has 10 heteroatoms. The van der Waals surface area contributed by atoms with Gasteiger partial charge in [-0.2, -0.15) is 5.10 Å². The molecule has 3 aromatic heterocycles. The van der Waals surface area contributed by atoms with Crippen LogP contribution in [0, 0.1) is 0 Å². The summed E-state index contributed by atoms with van der Waals surface area (Å²) in [6, 6.07) is 11.7. The molecule has 1 fully saturated rings. The molecule has 0 radical (unpaired) electrons. The fraction of sp³-hybridized carbons (Fsp3) is 0.269. The number of amides is 1. The highest BCUT2D eigenvalue weighted by Gasteiger charge is 2.25. The zero-order valence-corrected chi connectivity index (χ0v) is 20.6. The van der Waals surface area contributed by atoms with Gasteiger partial charge in [-0.05, 0) is 50.1 Å². The summed E-state index contributed by atoms with van der Waals surface area (Å²) < 4.78 is 8.12. The fourth-order valence-corrected chi connectivity index (χ4v) is 5.15. The van der Waals surface area contributed by atoms with Gasteiger partial charge in [0.05, 0.1) is 40.4 Å². The standard InChI is InChI=1S/C26H25N7O2S/c1-17(26(34)32-9-2-3-10-32)35-23-6-4-5-21-24(23)25(28-15-27-21)31-19-7-8-22-18(11-19)12-30-33(22)13-20-14-36-16-29-20/h4-8,11-12,14-17H,2-3,9-10,13H2,1H3,(H,27,28,31)/t17-/m1/s1. The van der Waals surface area contributed by atoms with E-state index in [1.807, 2.05) is 63.1 Å². The molecule has 0 saturated carbocycles. The Hall–Kier alpha value is -4.05. The van der Waals surface area contributed by atoms with E-state index in [1.165, 1.54) is 6.33 Å². The molecule has 1 N–H and O–H groups in total. The molecule has 1 amide bonds. The number of ether oxygens (including phenoxy) is 1. The van der Waals surface area contributed by atoms with E-state index in [1.54, 1.807) is 18.3 Å². The van der Waals surface area contributed by atoms with Gasteiger partial charge < -0.3 is 15.0 Å². The van der Waals surface area contributed by atoms with Crippen molar-refractivity contribution in [3.63, 3.8) is 0 Å². The van der Waals surface area contributed by atoms with Gasteiger partial charge in [-0.25, -0.2) is 15.0 Å². The summed E-state index contributed by atoms with van der Waals surface area (Å²) >= 11 is 1.58. The molecule has 0 aliphatic carbocycles. The molecular formula is C26H25N7O2S. The van der Waals surface area contributed by atoms with E-state index >= 15 is 0 Å². The normalized spacial score (nSPS) is 14.4. The molecule has 0 bridgehead atoms. The Morgan fingerprint density at radius 2 is 2.06 bits per heavy atom. The summed E-state index contributed by atoms with van der Waals surface area (Å²) in [7, 11) is 0. The lowest BCUT2D eigenvalue weighted by atomic mass is 10.2. The molecule has 1 aliphatic heterocycles. The maximum absolute atomic E-state index is 12.8. The van der Waals surface area contributed by atoms with E-state index in [4.69, 9.17) is 4.74 Å². The third-order valence-electron chi connectivity index (χ3n) is 6.39. The lowest BCUT2D eigenvalue weighted by Crippen LogP contribution is -2.38. The average molecular weight is 500 g/mol. The van der Waals surface area contributed by atoms with Gasteiger partial charge in [-0.1, -0.05) is 6.07 Å². The van der Waals surface area contributed by atoms with Gasteiger partial charge in [0.2, 0.25) is 0 Å². The molecular weight excluding hydrogens is 474 g/mol. The predicted octanol–water partition coefficient (Wildman–Crippen LogP) is 4.62. The van der Waals surface area contributed by atoms with Crippen molar-refractivity contribution in [1.82, 2.24) is 29.6 Å². The van der Waals surface area contributed by atoms with Crippen LogP contribution in [0.25, 0.3) is 21.8 Å². The van der Waals surface area contributed by atoms with E-state index in [2.05, 4.69) is 25.4 Å². The predicted molar refractivity (Wildman–Crippen MR) is 140 cm³/mol. The van der Waals surface area contributed by atoms with Crippen LogP contribution in [0.4, 0.5) is 11.5 Å². The average Bonchev–Trinajstić information content (AvgIpc) is 3.67. The van der Waals surface area contributed by atoms with Gasteiger partial charge >= 0.3 is 0 Å². The van der Waals surface area contributed by atoms with Crippen LogP contribution in [0.5, 0.6) is 5.75 Å². The summed E-state index contributed by atoms with van der Waals surface area (Å²) in [5, 5.41) is 11.7. The van der Waals surface area contributed by atoms with Crippen molar-refractivity contribution in [3.05, 3.63) is 65.5 Å². The monoisotopic (exact) mass is 499 g/mol. The summed E-state index contributed by atoms with van der Waals surface area (Å²) in [5.41, 5.74) is 5.45. The SMILES string of the molecule is C[C@@H](Oc1cccc2ncnc(Nc3ccc4c(cnn4Cc4cscn4)c3)c12)C(=O)N1CCCC1. The largest absolute Gasteiger partial charge is 0.480 e. The van der Waals surface area contributed by atoms with Crippen molar-refractivity contribution >= 4 is 50.6 Å². The second-order valence-electron chi connectivity index (χ2n) is 8.85. The van der Waals surface area contributed by atoms with Crippen molar-refractivity contribution < 1.29 is 9.53 Å². The molecule has 36 heavy (non-hydrogen) atoms. The van der Waals surface area contributed by atoms with E-state index < -0.39 is 6.10 Å².